The van der Waals surface area contributed by atoms with E-state index in [1.54, 1.807) is 0 Å². The summed E-state index contributed by atoms with van der Waals surface area (Å²) in [5, 5.41) is 11.9. The average molecular weight is 338 g/mol. The summed E-state index contributed by atoms with van der Waals surface area (Å²) in [6, 6.07) is 1.50. The lowest BCUT2D eigenvalue weighted by Gasteiger charge is -2.26. The second-order valence-electron chi connectivity index (χ2n) is 5.55. The number of likely N-dealkylation sites (tertiary alicyclic amines) is 1. The normalized spacial score (nSPS) is 23.0. The van der Waals surface area contributed by atoms with E-state index in [4.69, 9.17) is 0 Å². The van der Waals surface area contributed by atoms with Gasteiger partial charge in [0.15, 0.2) is 17.2 Å². The molecular formula is C14H15F5N2O2. The van der Waals surface area contributed by atoms with Gasteiger partial charge in [0.05, 0.1) is 12.6 Å². The van der Waals surface area contributed by atoms with Crippen LogP contribution >= 0.6 is 0 Å². The van der Waals surface area contributed by atoms with Gasteiger partial charge in [-0.15, -0.1) is 0 Å². The molecule has 128 valence electrons. The predicted molar refractivity (Wildman–Crippen MR) is 70.5 cm³/mol. The van der Waals surface area contributed by atoms with Crippen molar-refractivity contribution in [2.75, 3.05) is 13.1 Å². The van der Waals surface area contributed by atoms with Gasteiger partial charge in [-0.05, 0) is 24.6 Å². The van der Waals surface area contributed by atoms with Crippen molar-refractivity contribution in [3.63, 3.8) is 0 Å². The van der Waals surface area contributed by atoms with Crippen LogP contribution in [-0.4, -0.2) is 40.9 Å². The van der Waals surface area contributed by atoms with Crippen LogP contribution in [0, 0.1) is 11.6 Å². The molecule has 1 aliphatic rings. The van der Waals surface area contributed by atoms with E-state index < -0.39 is 48.5 Å². The van der Waals surface area contributed by atoms with Gasteiger partial charge in [-0.25, -0.2) is 13.6 Å². The van der Waals surface area contributed by atoms with Gasteiger partial charge in [-0.1, -0.05) is 6.07 Å². The molecule has 2 atom stereocenters. The highest BCUT2D eigenvalue weighted by Crippen LogP contribution is 2.37. The Morgan fingerprint density at radius 1 is 1.35 bits per heavy atom. The zero-order valence-electron chi connectivity index (χ0n) is 12.1. The summed E-state index contributed by atoms with van der Waals surface area (Å²) in [7, 11) is 0. The van der Waals surface area contributed by atoms with Crippen LogP contribution in [0.3, 0.4) is 0 Å². The van der Waals surface area contributed by atoms with E-state index in [9.17, 15) is 31.9 Å². The SMILES string of the molecule is CC(NC(=O)N1CCC(O)(C(F)(F)F)C1)c1ccc(F)c(F)c1. The maximum Gasteiger partial charge on any atom is 0.419 e. The van der Waals surface area contributed by atoms with Gasteiger partial charge in [0.1, 0.15) is 0 Å². The van der Waals surface area contributed by atoms with Gasteiger partial charge in [0.2, 0.25) is 0 Å². The van der Waals surface area contributed by atoms with E-state index in [1.165, 1.54) is 13.0 Å². The van der Waals surface area contributed by atoms with Crippen LogP contribution < -0.4 is 5.32 Å². The van der Waals surface area contributed by atoms with Crippen molar-refractivity contribution < 1.29 is 31.9 Å². The number of benzene rings is 1. The van der Waals surface area contributed by atoms with Crippen molar-refractivity contribution >= 4 is 6.03 Å². The first-order valence-electron chi connectivity index (χ1n) is 6.83. The standard InChI is InChI=1S/C14H15F5N2O2/c1-8(9-2-3-10(15)11(16)6-9)20-12(22)21-5-4-13(23,7-21)14(17,18)19/h2-3,6,8,23H,4-5,7H2,1H3,(H,20,22). The Labute approximate surface area is 128 Å². The molecule has 1 saturated heterocycles. The van der Waals surface area contributed by atoms with Crippen LogP contribution in [0.25, 0.3) is 0 Å². The zero-order chi connectivity index (χ0) is 17.4. The molecule has 1 heterocycles. The first-order chi connectivity index (χ1) is 10.5. The molecule has 1 aromatic carbocycles. The fourth-order valence-electron chi connectivity index (χ4n) is 2.34. The molecule has 23 heavy (non-hydrogen) atoms. The first-order valence-corrected chi connectivity index (χ1v) is 6.83. The summed E-state index contributed by atoms with van der Waals surface area (Å²) < 4.78 is 64.1. The molecular weight excluding hydrogens is 323 g/mol. The number of rotatable bonds is 2. The minimum absolute atomic E-state index is 0.258. The Kier molecular flexibility index (Phi) is 4.52. The van der Waals surface area contributed by atoms with Crippen molar-refractivity contribution in [2.45, 2.75) is 31.2 Å². The Morgan fingerprint density at radius 2 is 2.00 bits per heavy atom. The Balaban J connectivity index is 2.01. The summed E-state index contributed by atoms with van der Waals surface area (Å²) in [4.78, 5) is 12.8. The smallest absolute Gasteiger partial charge is 0.379 e. The number of halogens is 5. The minimum atomic E-state index is -4.83. The molecule has 0 aromatic heterocycles. The highest BCUT2D eigenvalue weighted by Gasteiger charge is 2.57. The lowest BCUT2D eigenvalue weighted by atomic mass is 10.0. The maximum atomic E-state index is 13.2. The molecule has 0 spiro atoms. The van der Waals surface area contributed by atoms with Crippen LogP contribution in [0.1, 0.15) is 24.9 Å². The van der Waals surface area contributed by atoms with Crippen LogP contribution in [0.15, 0.2) is 18.2 Å². The zero-order valence-corrected chi connectivity index (χ0v) is 12.1. The highest BCUT2D eigenvalue weighted by atomic mass is 19.4. The lowest BCUT2D eigenvalue weighted by molar-refractivity contribution is -0.253. The van der Waals surface area contributed by atoms with Gasteiger partial charge in [0.25, 0.3) is 0 Å². The molecule has 1 aromatic rings. The Bertz CT molecular complexity index is 607. The number of hydrogen-bond donors (Lipinski definition) is 2. The molecule has 4 nitrogen and oxygen atoms in total. The summed E-state index contributed by atoms with van der Waals surface area (Å²) >= 11 is 0. The number of aliphatic hydroxyl groups is 1. The molecule has 2 unspecified atom stereocenters. The fourth-order valence-corrected chi connectivity index (χ4v) is 2.34. The van der Waals surface area contributed by atoms with Gasteiger partial charge < -0.3 is 15.3 Å². The Morgan fingerprint density at radius 3 is 2.52 bits per heavy atom. The summed E-state index contributed by atoms with van der Waals surface area (Å²) in [6.07, 6.45) is -5.43. The van der Waals surface area contributed by atoms with E-state index in [-0.39, 0.29) is 12.1 Å². The molecule has 0 aliphatic carbocycles. The minimum Gasteiger partial charge on any atom is -0.379 e. The number of hydrogen-bond acceptors (Lipinski definition) is 2. The monoisotopic (exact) mass is 338 g/mol. The van der Waals surface area contributed by atoms with Crippen LogP contribution in [0.2, 0.25) is 0 Å². The summed E-state index contributed by atoms with van der Waals surface area (Å²) in [5.41, 5.74) is -2.65. The highest BCUT2D eigenvalue weighted by molar-refractivity contribution is 5.75. The molecule has 9 heteroatoms. The van der Waals surface area contributed by atoms with Crippen molar-refractivity contribution in [3.8, 4) is 0 Å². The van der Waals surface area contributed by atoms with Gasteiger partial charge in [0, 0.05) is 13.0 Å². The number of carbonyl (C=O) groups excluding carboxylic acids is 1. The third-order valence-electron chi connectivity index (χ3n) is 3.85. The Hall–Kier alpha value is -1.90. The van der Waals surface area contributed by atoms with Crippen molar-refractivity contribution in [3.05, 3.63) is 35.4 Å². The maximum absolute atomic E-state index is 13.2. The number of nitrogens with zero attached hydrogens (tertiary/aromatic N) is 1. The molecule has 2 rings (SSSR count). The van der Waals surface area contributed by atoms with Gasteiger partial charge in [-0.2, -0.15) is 13.2 Å². The van der Waals surface area contributed by atoms with E-state index in [2.05, 4.69) is 5.32 Å². The van der Waals surface area contributed by atoms with E-state index in [0.29, 0.717) is 0 Å². The summed E-state index contributed by atoms with van der Waals surface area (Å²) in [5.74, 6) is -2.13. The molecule has 1 fully saturated rings. The number of β-amino-alcohol motifs (C(OH)–C–C–N with tert-alkyl or cyclic N) is 1. The fraction of sp³-hybridized carbons (Fsp3) is 0.500. The van der Waals surface area contributed by atoms with E-state index >= 15 is 0 Å². The van der Waals surface area contributed by atoms with Gasteiger partial charge in [-0.3, -0.25) is 0 Å². The van der Waals surface area contributed by atoms with E-state index in [0.717, 1.165) is 17.0 Å². The molecule has 0 radical (unpaired) electrons. The topological polar surface area (TPSA) is 52.6 Å². The molecule has 0 bridgehead atoms. The van der Waals surface area contributed by atoms with Gasteiger partial charge >= 0.3 is 12.2 Å². The third-order valence-corrected chi connectivity index (χ3v) is 3.85. The first kappa shape index (κ1) is 17.5. The second kappa shape index (κ2) is 5.95. The van der Waals surface area contributed by atoms with Crippen molar-refractivity contribution in [1.29, 1.82) is 0 Å². The molecule has 1 aliphatic heterocycles. The number of carbonyl (C=O) groups is 1. The summed E-state index contributed by atoms with van der Waals surface area (Å²) in [6.45, 7) is 0.357. The number of amides is 2. The molecule has 2 N–H and O–H groups in total. The number of urea groups is 1. The van der Waals surface area contributed by atoms with Crippen LogP contribution in [0.5, 0.6) is 0 Å². The van der Waals surface area contributed by atoms with Crippen molar-refractivity contribution in [1.82, 2.24) is 10.2 Å². The van der Waals surface area contributed by atoms with Crippen molar-refractivity contribution in [2.24, 2.45) is 0 Å². The van der Waals surface area contributed by atoms with Crippen LogP contribution in [0.4, 0.5) is 26.7 Å². The molecule has 0 saturated carbocycles. The lowest BCUT2D eigenvalue weighted by Crippen LogP contribution is -2.49. The van der Waals surface area contributed by atoms with Crippen LogP contribution in [-0.2, 0) is 0 Å². The quantitative estimate of drug-likeness (QED) is 0.815. The molecule has 2 amide bonds. The van der Waals surface area contributed by atoms with E-state index in [1.807, 2.05) is 0 Å². The average Bonchev–Trinajstić information content (AvgIpc) is 2.85. The largest absolute Gasteiger partial charge is 0.419 e. The predicted octanol–water partition coefficient (Wildman–Crippen LogP) is 2.73. The second-order valence-corrected chi connectivity index (χ2v) is 5.55. The third kappa shape index (κ3) is 3.54. The number of alkyl halides is 3. The number of nitrogens with one attached hydrogen (secondary N) is 1.